The van der Waals surface area contributed by atoms with E-state index in [1.54, 1.807) is 17.4 Å². The van der Waals surface area contributed by atoms with Crippen molar-refractivity contribution >= 4 is 54.6 Å². The molecule has 3 nitrogen and oxygen atoms in total. The van der Waals surface area contributed by atoms with E-state index in [0.717, 1.165) is 15.0 Å². The van der Waals surface area contributed by atoms with Crippen LogP contribution in [0, 0.1) is 0 Å². The molecule has 2 aromatic carbocycles. The first-order chi connectivity index (χ1) is 10.5. The number of nitrogens with one attached hydrogen (secondary N) is 1. The number of halogens is 2. The first kappa shape index (κ1) is 15.8. The van der Waals surface area contributed by atoms with Gasteiger partial charge in [-0.05, 0) is 35.7 Å². The van der Waals surface area contributed by atoms with Crippen LogP contribution in [0.2, 0.25) is 10.0 Å². The highest BCUT2D eigenvalue weighted by atomic mass is 35.5. The lowest BCUT2D eigenvalue weighted by Crippen LogP contribution is -2.23. The van der Waals surface area contributed by atoms with Crippen molar-refractivity contribution < 1.29 is 8.42 Å². The van der Waals surface area contributed by atoms with Crippen LogP contribution >= 0.6 is 34.5 Å². The molecule has 1 heterocycles. The molecular formula is C15H11Cl2NO2S2. The molecule has 3 rings (SSSR count). The molecule has 114 valence electrons. The third-order valence-corrected chi connectivity index (χ3v) is 6.33. The predicted molar refractivity (Wildman–Crippen MR) is 92.3 cm³/mol. The van der Waals surface area contributed by atoms with Gasteiger partial charge in [0.15, 0.2) is 0 Å². The van der Waals surface area contributed by atoms with Gasteiger partial charge < -0.3 is 0 Å². The predicted octanol–water partition coefficient (Wildman–Crippen LogP) is 4.69. The first-order valence-electron chi connectivity index (χ1n) is 6.38. The second-order valence-electron chi connectivity index (χ2n) is 4.65. The number of hydrogen-bond donors (Lipinski definition) is 1. The second kappa shape index (κ2) is 6.18. The van der Waals surface area contributed by atoms with Crippen LogP contribution in [0.1, 0.15) is 4.88 Å². The monoisotopic (exact) mass is 371 g/mol. The molecule has 0 radical (unpaired) electrons. The summed E-state index contributed by atoms with van der Waals surface area (Å²) in [6.07, 6.45) is 0. The quantitative estimate of drug-likeness (QED) is 0.722. The number of hydrogen-bond acceptors (Lipinski definition) is 3. The highest BCUT2D eigenvalue weighted by Crippen LogP contribution is 2.27. The van der Waals surface area contributed by atoms with Crippen molar-refractivity contribution in [2.24, 2.45) is 0 Å². The number of thiophene rings is 1. The minimum absolute atomic E-state index is 0.0113. The molecule has 1 N–H and O–H groups in total. The van der Waals surface area contributed by atoms with E-state index in [9.17, 15) is 8.42 Å². The Hall–Kier alpha value is -1.11. The van der Waals surface area contributed by atoms with Gasteiger partial charge in [0, 0.05) is 21.1 Å². The van der Waals surface area contributed by atoms with Gasteiger partial charge in [0.1, 0.15) is 4.90 Å². The van der Waals surface area contributed by atoms with Crippen LogP contribution in [0.4, 0.5) is 0 Å². The summed E-state index contributed by atoms with van der Waals surface area (Å²) in [6.45, 7) is 0.213. The van der Waals surface area contributed by atoms with Crippen molar-refractivity contribution in [2.75, 3.05) is 0 Å². The van der Waals surface area contributed by atoms with Crippen LogP contribution in [0.3, 0.4) is 0 Å². The van der Waals surface area contributed by atoms with Crippen molar-refractivity contribution in [1.29, 1.82) is 0 Å². The Kier molecular flexibility index (Phi) is 4.43. The fourth-order valence-electron chi connectivity index (χ4n) is 2.05. The third kappa shape index (κ3) is 3.29. The minimum Gasteiger partial charge on any atom is -0.207 e. The van der Waals surface area contributed by atoms with E-state index in [0.29, 0.717) is 5.02 Å². The Morgan fingerprint density at radius 3 is 2.59 bits per heavy atom. The van der Waals surface area contributed by atoms with Gasteiger partial charge in [0.25, 0.3) is 0 Å². The van der Waals surface area contributed by atoms with Crippen molar-refractivity contribution in [3.05, 3.63) is 63.5 Å². The van der Waals surface area contributed by atoms with E-state index in [2.05, 4.69) is 4.72 Å². The Balaban J connectivity index is 1.84. The van der Waals surface area contributed by atoms with Gasteiger partial charge in [-0.15, -0.1) is 11.3 Å². The SMILES string of the molecule is O=S(=O)(NCc1cc2ccccc2s1)c1cc(Cl)ccc1Cl. The van der Waals surface area contributed by atoms with E-state index < -0.39 is 10.0 Å². The molecule has 0 atom stereocenters. The molecule has 0 aliphatic rings. The average Bonchev–Trinajstić information content (AvgIpc) is 2.90. The van der Waals surface area contributed by atoms with Gasteiger partial charge >= 0.3 is 0 Å². The normalized spacial score (nSPS) is 11.9. The fourth-order valence-corrected chi connectivity index (χ4v) is 4.91. The highest BCUT2D eigenvalue weighted by molar-refractivity contribution is 7.89. The minimum atomic E-state index is -3.71. The van der Waals surface area contributed by atoms with Gasteiger partial charge in [-0.1, -0.05) is 41.4 Å². The van der Waals surface area contributed by atoms with Gasteiger partial charge in [0.2, 0.25) is 10.0 Å². The topological polar surface area (TPSA) is 46.2 Å². The smallest absolute Gasteiger partial charge is 0.207 e. The van der Waals surface area contributed by atoms with Crippen LogP contribution < -0.4 is 4.72 Å². The number of sulfonamides is 1. The molecule has 0 bridgehead atoms. The van der Waals surface area contributed by atoms with Crippen LogP contribution in [0.5, 0.6) is 0 Å². The fraction of sp³-hybridized carbons (Fsp3) is 0.0667. The molecule has 1 aromatic heterocycles. The highest BCUT2D eigenvalue weighted by Gasteiger charge is 2.18. The molecule has 0 spiro atoms. The van der Waals surface area contributed by atoms with Gasteiger partial charge in [0.05, 0.1) is 5.02 Å². The molecule has 22 heavy (non-hydrogen) atoms. The summed E-state index contributed by atoms with van der Waals surface area (Å²) in [4.78, 5) is 0.922. The van der Waals surface area contributed by atoms with E-state index in [4.69, 9.17) is 23.2 Å². The molecule has 3 aromatic rings. The van der Waals surface area contributed by atoms with Crippen LogP contribution in [-0.4, -0.2) is 8.42 Å². The van der Waals surface area contributed by atoms with E-state index in [1.807, 2.05) is 30.3 Å². The standard InChI is InChI=1S/C15H11Cl2NO2S2/c16-11-5-6-13(17)15(8-11)22(19,20)18-9-12-7-10-3-1-2-4-14(10)21-12/h1-8,18H,9H2. The summed E-state index contributed by atoms with van der Waals surface area (Å²) in [5.74, 6) is 0. The lowest BCUT2D eigenvalue weighted by Gasteiger charge is -2.07. The van der Waals surface area contributed by atoms with Gasteiger partial charge in [-0.2, -0.15) is 0 Å². The molecule has 0 fully saturated rings. The first-order valence-corrected chi connectivity index (χ1v) is 9.43. The maximum atomic E-state index is 12.3. The molecule has 0 unspecified atom stereocenters. The molecule has 0 aliphatic heterocycles. The van der Waals surface area contributed by atoms with Crippen molar-refractivity contribution in [3.63, 3.8) is 0 Å². The zero-order valence-corrected chi connectivity index (χ0v) is 14.4. The van der Waals surface area contributed by atoms with Gasteiger partial charge in [-0.3, -0.25) is 0 Å². The molecular weight excluding hydrogens is 361 g/mol. The van der Waals surface area contributed by atoms with Crippen LogP contribution in [0.15, 0.2) is 53.4 Å². The van der Waals surface area contributed by atoms with Crippen molar-refractivity contribution in [3.8, 4) is 0 Å². The van der Waals surface area contributed by atoms with E-state index in [1.165, 1.54) is 12.1 Å². The Labute approximate surface area is 142 Å². The maximum Gasteiger partial charge on any atom is 0.242 e. The zero-order valence-electron chi connectivity index (χ0n) is 11.2. The average molecular weight is 372 g/mol. The molecule has 0 saturated carbocycles. The zero-order chi connectivity index (χ0) is 15.7. The summed E-state index contributed by atoms with van der Waals surface area (Å²) in [6, 6.07) is 14.3. The van der Waals surface area contributed by atoms with Crippen LogP contribution in [-0.2, 0) is 16.6 Å². The summed E-state index contributed by atoms with van der Waals surface area (Å²) >= 11 is 13.4. The Bertz CT molecular complexity index is 903. The largest absolute Gasteiger partial charge is 0.242 e. The Morgan fingerprint density at radius 2 is 1.82 bits per heavy atom. The molecule has 0 aliphatic carbocycles. The molecule has 0 saturated heterocycles. The number of fused-ring (bicyclic) bond motifs is 1. The van der Waals surface area contributed by atoms with Gasteiger partial charge in [-0.25, -0.2) is 13.1 Å². The Morgan fingerprint density at radius 1 is 1.05 bits per heavy atom. The van der Waals surface area contributed by atoms with E-state index in [-0.39, 0.29) is 16.5 Å². The number of rotatable bonds is 4. The third-order valence-electron chi connectivity index (χ3n) is 3.10. The van der Waals surface area contributed by atoms with Crippen LogP contribution in [0.25, 0.3) is 10.1 Å². The lowest BCUT2D eigenvalue weighted by molar-refractivity contribution is 0.582. The second-order valence-corrected chi connectivity index (χ2v) is 8.40. The summed E-state index contributed by atoms with van der Waals surface area (Å²) in [7, 11) is -3.71. The lowest BCUT2D eigenvalue weighted by atomic mass is 10.2. The molecule has 7 heteroatoms. The summed E-state index contributed by atoms with van der Waals surface area (Å²) in [5, 5.41) is 1.57. The number of benzene rings is 2. The summed E-state index contributed by atoms with van der Waals surface area (Å²) in [5.41, 5.74) is 0. The summed E-state index contributed by atoms with van der Waals surface area (Å²) < 4.78 is 28.4. The van der Waals surface area contributed by atoms with Crippen molar-refractivity contribution in [1.82, 2.24) is 4.72 Å². The molecule has 0 amide bonds. The van der Waals surface area contributed by atoms with E-state index >= 15 is 0 Å². The van der Waals surface area contributed by atoms with Crippen molar-refractivity contribution in [2.45, 2.75) is 11.4 Å². The maximum absolute atomic E-state index is 12.3.